The number of piperazine rings is 1. The Morgan fingerprint density at radius 3 is 2.95 bits per heavy atom. The SMILES string of the molecule is Cc1ccc(CN)c(N2CC3CCCCN3CC2C)n1. The van der Waals surface area contributed by atoms with Crippen molar-refractivity contribution in [2.24, 2.45) is 5.73 Å². The number of hydrogen-bond acceptors (Lipinski definition) is 4. The van der Waals surface area contributed by atoms with Crippen LogP contribution in [0.1, 0.15) is 37.4 Å². The Bertz CT molecular complexity index is 474. The van der Waals surface area contributed by atoms with Gasteiger partial charge in [-0.1, -0.05) is 12.5 Å². The molecule has 2 aliphatic rings. The molecular formula is C16H26N4. The van der Waals surface area contributed by atoms with Crippen LogP contribution < -0.4 is 10.6 Å². The lowest BCUT2D eigenvalue weighted by atomic mass is 9.97. The Kier molecular flexibility index (Phi) is 3.94. The van der Waals surface area contributed by atoms with Gasteiger partial charge in [0.2, 0.25) is 0 Å². The third-order valence-corrected chi connectivity index (χ3v) is 4.77. The summed E-state index contributed by atoms with van der Waals surface area (Å²) in [6, 6.07) is 5.42. The lowest BCUT2D eigenvalue weighted by Gasteiger charge is -2.48. The average Bonchev–Trinajstić information content (AvgIpc) is 2.46. The number of aryl methyl sites for hydroxylation is 1. The molecule has 2 saturated heterocycles. The smallest absolute Gasteiger partial charge is 0.133 e. The quantitative estimate of drug-likeness (QED) is 0.895. The maximum atomic E-state index is 5.91. The van der Waals surface area contributed by atoms with Gasteiger partial charge in [-0.15, -0.1) is 0 Å². The first-order valence-corrected chi connectivity index (χ1v) is 7.86. The van der Waals surface area contributed by atoms with Crippen LogP contribution in [0.15, 0.2) is 12.1 Å². The molecule has 2 unspecified atom stereocenters. The first-order valence-electron chi connectivity index (χ1n) is 7.86. The third-order valence-electron chi connectivity index (χ3n) is 4.77. The number of fused-ring (bicyclic) bond motifs is 1. The fourth-order valence-electron chi connectivity index (χ4n) is 3.63. The van der Waals surface area contributed by atoms with Gasteiger partial charge < -0.3 is 10.6 Å². The van der Waals surface area contributed by atoms with E-state index in [9.17, 15) is 0 Å². The highest BCUT2D eigenvalue weighted by atomic mass is 15.3. The van der Waals surface area contributed by atoms with Crippen molar-refractivity contribution in [2.45, 2.75) is 51.7 Å². The monoisotopic (exact) mass is 274 g/mol. The molecule has 4 heteroatoms. The van der Waals surface area contributed by atoms with Crippen molar-refractivity contribution in [2.75, 3.05) is 24.5 Å². The minimum Gasteiger partial charge on any atom is -0.351 e. The number of aromatic nitrogens is 1. The standard InChI is InChI=1S/C16H26N4/c1-12-6-7-14(9-17)16(18-12)20-11-15-5-3-4-8-19(15)10-13(20)2/h6-7,13,15H,3-5,8-11,17H2,1-2H3. The summed E-state index contributed by atoms with van der Waals surface area (Å²) in [5, 5.41) is 0. The summed E-state index contributed by atoms with van der Waals surface area (Å²) < 4.78 is 0. The summed E-state index contributed by atoms with van der Waals surface area (Å²) >= 11 is 0. The molecule has 0 aromatic carbocycles. The second-order valence-electron chi connectivity index (χ2n) is 6.29. The zero-order chi connectivity index (χ0) is 14.1. The summed E-state index contributed by atoms with van der Waals surface area (Å²) in [4.78, 5) is 9.94. The molecule has 0 spiro atoms. The largest absolute Gasteiger partial charge is 0.351 e. The third kappa shape index (κ3) is 2.54. The first-order chi connectivity index (χ1) is 9.69. The molecule has 20 heavy (non-hydrogen) atoms. The molecule has 1 aromatic rings. The molecule has 4 nitrogen and oxygen atoms in total. The molecule has 3 rings (SSSR count). The second kappa shape index (κ2) is 5.70. The summed E-state index contributed by atoms with van der Waals surface area (Å²) in [5.74, 6) is 1.12. The minimum absolute atomic E-state index is 0.518. The van der Waals surface area contributed by atoms with Gasteiger partial charge in [-0.2, -0.15) is 0 Å². The van der Waals surface area contributed by atoms with E-state index < -0.39 is 0 Å². The maximum Gasteiger partial charge on any atom is 0.133 e. The van der Waals surface area contributed by atoms with Crippen molar-refractivity contribution in [1.82, 2.24) is 9.88 Å². The Hall–Kier alpha value is -1.13. The number of pyridine rings is 1. The molecule has 0 aliphatic carbocycles. The zero-order valence-electron chi connectivity index (χ0n) is 12.7. The van der Waals surface area contributed by atoms with Crippen molar-refractivity contribution in [3.8, 4) is 0 Å². The molecule has 0 bridgehead atoms. The molecule has 2 N–H and O–H groups in total. The molecule has 0 saturated carbocycles. The van der Waals surface area contributed by atoms with Gasteiger partial charge in [0.1, 0.15) is 5.82 Å². The minimum atomic E-state index is 0.518. The number of rotatable bonds is 2. The van der Waals surface area contributed by atoms with Crippen LogP contribution in [-0.2, 0) is 6.54 Å². The number of hydrogen-bond donors (Lipinski definition) is 1. The molecule has 0 radical (unpaired) electrons. The van der Waals surface area contributed by atoms with Gasteiger partial charge in [-0.3, -0.25) is 4.90 Å². The first kappa shape index (κ1) is 13.8. The van der Waals surface area contributed by atoms with Gasteiger partial charge in [-0.25, -0.2) is 4.98 Å². The predicted molar refractivity (Wildman–Crippen MR) is 82.9 cm³/mol. The number of anilines is 1. The topological polar surface area (TPSA) is 45.4 Å². The van der Waals surface area contributed by atoms with E-state index in [4.69, 9.17) is 10.7 Å². The summed E-state index contributed by atoms with van der Waals surface area (Å²) in [6.07, 6.45) is 4.06. The van der Waals surface area contributed by atoms with Gasteiger partial charge in [0.05, 0.1) is 0 Å². The molecule has 2 aliphatic heterocycles. The van der Waals surface area contributed by atoms with Crippen LogP contribution in [0.3, 0.4) is 0 Å². The van der Waals surface area contributed by atoms with Crippen molar-refractivity contribution in [1.29, 1.82) is 0 Å². The van der Waals surface area contributed by atoms with Crippen LogP contribution >= 0.6 is 0 Å². The van der Waals surface area contributed by atoms with E-state index in [0.29, 0.717) is 18.6 Å². The average molecular weight is 274 g/mol. The lowest BCUT2D eigenvalue weighted by molar-refractivity contribution is 0.115. The van der Waals surface area contributed by atoms with Crippen LogP contribution in [0, 0.1) is 6.92 Å². The maximum absolute atomic E-state index is 5.91. The van der Waals surface area contributed by atoms with E-state index in [1.54, 1.807) is 0 Å². The van der Waals surface area contributed by atoms with Crippen LogP contribution in [0.25, 0.3) is 0 Å². The van der Waals surface area contributed by atoms with Crippen molar-refractivity contribution in [3.05, 3.63) is 23.4 Å². The molecule has 2 atom stereocenters. The van der Waals surface area contributed by atoms with E-state index in [0.717, 1.165) is 24.6 Å². The highest BCUT2D eigenvalue weighted by Crippen LogP contribution is 2.29. The van der Waals surface area contributed by atoms with Crippen LogP contribution in [0.4, 0.5) is 5.82 Å². The van der Waals surface area contributed by atoms with E-state index >= 15 is 0 Å². The van der Waals surface area contributed by atoms with Crippen LogP contribution in [0.2, 0.25) is 0 Å². The summed E-state index contributed by atoms with van der Waals surface area (Å²) in [5.41, 5.74) is 8.16. The zero-order valence-corrected chi connectivity index (χ0v) is 12.7. The molecular weight excluding hydrogens is 248 g/mol. The Morgan fingerprint density at radius 2 is 2.15 bits per heavy atom. The number of nitrogens with zero attached hydrogens (tertiary/aromatic N) is 3. The van der Waals surface area contributed by atoms with Crippen LogP contribution in [0.5, 0.6) is 0 Å². The van der Waals surface area contributed by atoms with Crippen molar-refractivity contribution in [3.63, 3.8) is 0 Å². The Labute approximate surface area is 122 Å². The molecule has 1 aromatic heterocycles. The highest BCUT2D eigenvalue weighted by molar-refractivity contribution is 5.49. The van der Waals surface area contributed by atoms with E-state index in [1.807, 2.05) is 0 Å². The van der Waals surface area contributed by atoms with Gasteiger partial charge in [0.15, 0.2) is 0 Å². The van der Waals surface area contributed by atoms with Gasteiger partial charge in [0, 0.05) is 43.0 Å². The van der Waals surface area contributed by atoms with Crippen molar-refractivity contribution >= 4 is 5.82 Å². The van der Waals surface area contributed by atoms with Crippen molar-refractivity contribution < 1.29 is 0 Å². The fraction of sp³-hybridized carbons (Fsp3) is 0.688. The predicted octanol–water partition coefficient (Wildman–Crippen LogP) is 1.91. The van der Waals surface area contributed by atoms with Gasteiger partial charge in [-0.05, 0) is 39.3 Å². The van der Waals surface area contributed by atoms with E-state index in [1.165, 1.54) is 31.4 Å². The van der Waals surface area contributed by atoms with E-state index in [2.05, 4.69) is 35.8 Å². The number of nitrogens with two attached hydrogens (primary N) is 1. The molecule has 0 amide bonds. The highest BCUT2D eigenvalue weighted by Gasteiger charge is 2.34. The van der Waals surface area contributed by atoms with Gasteiger partial charge in [0.25, 0.3) is 0 Å². The number of piperidine rings is 1. The Morgan fingerprint density at radius 1 is 1.30 bits per heavy atom. The summed E-state index contributed by atoms with van der Waals surface area (Å²) in [6.45, 7) is 8.48. The Balaban J connectivity index is 1.87. The normalized spacial score (nSPS) is 27.4. The van der Waals surface area contributed by atoms with E-state index in [-0.39, 0.29) is 0 Å². The fourth-order valence-corrected chi connectivity index (χ4v) is 3.63. The summed E-state index contributed by atoms with van der Waals surface area (Å²) in [7, 11) is 0. The lowest BCUT2D eigenvalue weighted by Crippen LogP contribution is -2.59. The van der Waals surface area contributed by atoms with Crippen LogP contribution in [-0.4, -0.2) is 41.6 Å². The molecule has 2 fully saturated rings. The second-order valence-corrected chi connectivity index (χ2v) is 6.29. The van der Waals surface area contributed by atoms with Gasteiger partial charge >= 0.3 is 0 Å². The molecule has 3 heterocycles. The molecule has 110 valence electrons.